The third-order valence-electron chi connectivity index (χ3n) is 4.07. The van der Waals surface area contributed by atoms with Crippen LogP contribution in [0.3, 0.4) is 0 Å². The molecule has 0 saturated heterocycles. The average molecular weight is 355 g/mol. The number of aromatic nitrogens is 1. The zero-order chi connectivity index (χ0) is 19.1. The molecule has 0 saturated carbocycles. The van der Waals surface area contributed by atoms with Crippen LogP contribution in [0.25, 0.3) is 0 Å². The Balaban J connectivity index is 2.49. The van der Waals surface area contributed by atoms with Gasteiger partial charge in [0.05, 0.1) is 29.5 Å². The molecule has 1 aromatic carbocycles. The van der Waals surface area contributed by atoms with E-state index in [4.69, 9.17) is 14.7 Å². The van der Waals surface area contributed by atoms with Crippen molar-refractivity contribution >= 4 is 5.69 Å². The molecule has 138 valence electrons. The molecule has 1 heterocycles. The van der Waals surface area contributed by atoms with Crippen LogP contribution in [-0.4, -0.2) is 30.5 Å². The molecule has 0 atom stereocenters. The van der Waals surface area contributed by atoms with Crippen LogP contribution in [0.5, 0.6) is 11.6 Å². The molecule has 0 unspecified atom stereocenters. The Morgan fingerprint density at radius 3 is 2.50 bits per heavy atom. The number of aliphatic hydroxyl groups excluding tert-OH is 1. The van der Waals surface area contributed by atoms with Gasteiger partial charge in [-0.15, -0.1) is 0 Å². The number of aliphatic hydroxyl groups is 1. The summed E-state index contributed by atoms with van der Waals surface area (Å²) in [6.45, 7) is 6.79. The Morgan fingerprint density at radius 1 is 1.27 bits per heavy atom. The Morgan fingerprint density at radius 2 is 1.96 bits per heavy atom. The number of hydrogen-bond acceptors (Lipinski definition) is 6. The Bertz CT molecular complexity index is 776. The fourth-order valence-corrected chi connectivity index (χ4v) is 2.94. The van der Waals surface area contributed by atoms with Gasteiger partial charge in [-0.2, -0.15) is 5.26 Å². The van der Waals surface area contributed by atoms with Gasteiger partial charge in [0.2, 0.25) is 5.88 Å². The highest BCUT2D eigenvalue weighted by Gasteiger charge is 2.18. The van der Waals surface area contributed by atoms with Gasteiger partial charge in [0.1, 0.15) is 12.5 Å². The molecule has 2 rings (SSSR count). The molecule has 0 fully saturated rings. The number of aryl methyl sites for hydroxylation is 2. The monoisotopic (exact) mass is 355 g/mol. The van der Waals surface area contributed by atoms with Crippen LogP contribution < -0.4 is 9.64 Å². The predicted octanol–water partition coefficient (Wildman–Crippen LogP) is 3.68. The molecule has 2 aromatic rings. The smallest absolute Gasteiger partial charge is 0.226 e. The van der Waals surface area contributed by atoms with Crippen molar-refractivity contribution in [2.45, 2.75) is 33.8 Å². The van der Waals surface area contributed by atoms with Crippen LogP contribution >= 0.6 is 0 Å². The van der Waals surface area contributed by atoms with E-state index in [2.05, 4.69) is 18.0 Å². The third-order valence-corrected chi connectivity index (χ3v) is 4.07. The van der Waals surface area contributed by atoms with Gasteiger partial charge in [0.15, 0.2) is 0 Å². The number of methoxy groups -OCH3 is 1. The van der Waals surface area contributed by atoms with Crippen LogP contribution in [0, 0.1) is 25.2 Å². The summed E-state index contributed by atoms with van der Waals surface area (Å²) < 4.78 is 11.5. The first-order valence-corrected chi connectivity index (χ1v) is 8.57. The maximum absolute atomic E-state index is 9.72. The first-order valence-electron chi connectivity index (χ1n) is 8.57. The van der Waals surface area contributed by atoms with Crippen LogP contribution in [0.2, 0.25) is 0 Å². The fraction of sp³-hybridized carbons (Fsp3) is 0.400. The first-order chi connectivity index (χ1) is 12.5. The van der Waals surface area contributed by atoms with Gasteiger partial charge in [-0.3, -0.25) is 0 Å². The molecule has 1 N–H and O–H groups in total. The lowest BCUT2D eigenvalue weighted by atomic mass is 10.1. The summed E-state index contributed by atoms with van der Waals surface area (Å²) in [6.07, 6.45) is 2.57. The SMILES string of the molecule is CCCN(CO)c1ccnc(Oc2c(C)cc(C#N)cc2C)c1COC. The zero-order valence-corrected chi connectivity index (χ0v) is 15.7. The zero-order valence-electron chi connectivity index (χ0n) is 15.7. The number of ether oxygens (including phenoxy) is 2. The quantitative estimate of drug-likeness (QED) is 0.728. The Kier molecular flexibility index (Phi) is 6.96. The van der Waals surface area contributed by atoms with Gasteiger partial charge >= 0.3 is 0 Å². The van der Waals surface area contributed by atoms with Crippen molar-refractivity contribution in [3.8, 4) is 17.7 Å². The number of benzene rings is 1. The average Bonchev–Trinajstić information content (AvgIpc) is 2.63. The number of rotatable bonds is 8. The van der Waals surface area contributed by atoms with Crippen molar-refractivity contribution in [2.75, 3.05) is 25.3 Å². The van der Waals surface area contributed by atoms with Crippen LogP contribution in [0.15, 0.2) is 24.4 Å². The topological polar surface area (TPSA) is 78.6 Å². The lowest BCUT2D eigenvalue weighted by Gasteiger charge is -2.25. The lowest BCUT2D eigenvalue weighted by Crippen LogP contribution is -2.26. The van der Waals surface area contributed by atoms with E-state index in [-0.39, 0.29) is 6.73 Å². The van der Waals surface area contributed by atoms with E-state index in [9.17, 15) is 5.11 Å². The van der Waals surface area contributed by atoms with Crippen molar-refractivity contribution in [2.24, 2.45) is 0 Å². The largest absolute Gasteiger partial charge is 0.438 e. The first kappa shape index (κ1) is 19.7. The van der Waals surface area contributed by atoms with Crippen LogP contribution in [0.4, 0.5) is 5.69 Å². The van der Waals surface area contributed by atoms with Crippen molar-refractivity contribution in [1.29, 1.82) is 5.26 Å². The van der Waals surface area contributed by atoms with E-state index >= 15 is 0 Å². The summed E-state index contributed by atoms with van der Waals surface area (Å²) in [4.78, 5) is 6.24. The number of pyridine rings is 1. The van der Waals surface area contributed by atoms with Crippen LogP contribution in [0.1, 0.15) is 35.6 Å². The molecule has 0 amide bonds. The molecule has 26 heavy (non-hydrogen) atoms. The maximum Gasteiger partial charge on any atom is 0.226 e. The number of hydrogen-bond donors (Lipinski definition) is 1. The summed E-state index contributed by atoms with van der Waals surface area (Å²) in [5, 5.41) is 18.8. The highest BCUT2D eigenvalue weighted by atomic mass is 16.5. The van der Waals surface area contributed by atoms with E-state index < -0.39 is 0 Å². The Hall–Kier alpha value is -2.62. The number of nitrogens with zero attached hydrogens (tertiary/aromatic N) is 3. The van der Waals surface area contributed by atoms with E-state index in [1.165, 1.54) is 0 Å². The summed E-state index contributed by atoms with van der Waals surface area (Å²) in [6, 6.07) is 7.59. The number of anilines is 1. The molecule has 0 radical (unpaired) electrons. The van der Waals surface area contributed by atoms with Gasteiger partial charge in [0.25, 0.3) is 0 Å². The van der Waals surface area contributed by atoms with Gasteiger partial charge < -0.3 is 19.5 Å². The van der Waals surface area contributed by atoms with Gasteiger partial charge in [-0.25, -0.2) is 4.98 Å². The van der Waals surface area contributed by atoms with E-state index in [0.717, 1.165) is 28.8 Å². The molecule has 0 spiro atoms. The minimum Gasteiger partial charge on any atom is -0.438 e. The minimum absolute atomic E-state index is 0.0943. The van der Waals surface area contributed by atoms with Crippen molar-refractivity contribution < 1.29 is 14.6 Å². The minimum atomic E-state index is -0.0943. The molecule has 1 aromatic heterocycles. The summed E-state index contributed by atoms with van der Waals surface area (Å²) >= 11 is 0. The molecule has 0 aliphatic heterocycles. The second kappa shape index (κ2) is 9.18. The summed E-state index contributed by atoms with van der Waals surface area (Å²) in [7, 11) is 1.61. The third kappa shape index (κ3) is 4.31. The lowest BCUT2D eigenvalue weighted by molar-refractivity contribution is 0.181. The standard InChI is InChI=1S/C20H25N3O3/c1-5-8-23(13-24)18-6-7-22-20(17(18)12-25-4)26-19-14(2)9-16(11-21)10-15(19)3/h6-7,9-10,24H,5,8,12-13H2,1-4H3. The normalized spacial score (nSPS) is 10.5. The summed E-state index contributed by atoms with van der Waals surface area (Å²) in [5.74, 6) is 1.12. The number of nitriles is 1. The van der Waals surface area contributed by atoms with Crippen molar-refractivity contribution in [3.05, 3.63) is 46.6 Å². The highest BCUT2D eigenvalue weighted by molar-refractivity contribution is 5.58. The molecule has 0 aliphatic carbocycles. The molecule has 6 nitrogen and oxygen atoms in total. The van der Waals surface area contributed by atoms with E-state index in [1.807, 2.05) is 24.8 Å². The van der Waals surface area contributed by atoms with E-state index in [0.29, 0.717) is 30.3 Å². The predicted molar refractivity (Wildman–Crippen MR) is 100 cm³/mol. The molecule has 6 heteroatoms. The van der Waals surface area contributed by atoms with E-state index in [1.54, 1.807) is 25.4 Å². The molecular weight excluding hydrogens is 330 g/mol. The van der Waals surface area contributed by atoms with Gasteiger partial charge in [0, 0.05) is 19.9 Å². The fourth-order valence-electron chi connectivity index (χ4n) is 2.94. The van der Waals surface area contributed by atoms with Gasteiger partial charge in [-0.05, 0) is 49.6 Å². The Labute approximate surface area is 154 Å². The molecule has 0 aliphatic rings. The maximum atomic E-state index is 9.72. The van der Waals surface area contributed by atoms with Crippen molar-refractivity contribution in [1.82, 2.24) is 4.98 Å². The molecule has 0 bridgehead atoms. The van der Waals surface area contributed by atoms with Crippen molar-refractivity contribution in [3.63, 3.8) is 0 Å². The van der Waals surface area contributed by atoms with Gasteiger partial charge in [-0.1, -0.05) is 6.92 Å². The second-order valence-electron chi connectivity index (χ2n) is 6.10. The second-order valence-corrected chi connectivity index (χ2v) is 6.10. The summed E-state index contributed by atoms with van der Waals surface area (Å²) in [5.41, 5.74) is 3.95. The molecular formula is C20H25N3O3. The van der Waals surface area contributed by atoms with Crippen LogP contribution in [-0.2, 0) is 11.3 Å². The highest BCUT2D eigenvalue weighted by Crippen LogP contribution is 2.34.